The predicted molar refractivity (Wildman–Crippen MR) is 95.0 cm³/mol. The molecule has 124 valence electrons. The molecule has 3 rings (SSSR count). The Hall–Kier alpha value is -1.82. The molecule has 0 aromatic carbocycles. The Morgan fingerprint density at radius 3 is 2.70 bits per heavy atom. The van der Waals surface area contributed by atoms with E-state index in [1.165, 1.54) is 12.1 Å². The van der Waals surface area contributed by atoms with Crippen molar-refractivity contribution >= 4 is 25.0 Å². The molecule has 0 unspecified atom stereocenters. The molecular weight excluding hydrogens is 306 g/mol. The first-order valence-corrected chi connectivity index (χ1v) is 11.6. The molecule has 0 spiro atoms. The first-order chi connectivity index (χ1) is 10.9. The Balaban J connectivity index is 1.75. The van der Waals surface area contributed by atoms with Gasteiger partial charge in [-0.05, 0) is 31.4 Å². The smallest absolute Gasteiger partial charge is 0.267 e. The maximum absolute atomic E-state index is 12.5. The molecule has 1 saturated heterocycles. The number of rotatable bonds is 3. The van der Waals surface area contributed by atoms with Gasteiger partial charge < -0.3 is 15.0 Å². The topological polar surface area (TPSA) is 67.0 Å². The molecule has 1 amide bonds. The molecule has 0 radical (unpaired) electrons. The summed E-state index contributed by atoms with van der Waals surface area (Å²) < 4.78 is 5.19. The van der Waals surface area contributed by atoms with Gasteiger partial charge in [-0.3, -0.25) is 4.79 Å². The highest BCUT2D eigenvalue weighted by atomic mass is 28.3. The number of methoxy groups -OCH3 is 1. The van der Waals surface area contributed by atoms with Gasteiger partial charge in [0.05, 0.1) is 7.11 Å². The third-order valence-corrected chi connectivity index (χ3v) is 8.20. The summed E-state index contributed by atoms with van der Waals surface area (Å²) in [6.45, 7) is 6.87. The number of hydrogen-bond donors (Lipinski definition) is 2. The van der Waals surface area contributed by atoms with Crippen LogP contribution in [-0.2, 0) is 0 Å². The Kier molecular flexibility index (Phi) is 4.18. The van der Waals surface area contributed by atoms with E-state index in [1.807, 2.05) is 19.1 Å². The average Bonchev–Trinajstić information content (AvgIpc) is 2.94. The third kappa shape index (κ3) is 3.42. The number of carbonyl (C=O) groups is 1. The quantitative estimate of drug-likeness (QED) is 0.846. The lowest BCUT2D eigenvalue weighted by atomic mass is 10.1. The van der Waals surface area contributed by atoms with Crippen LogP contribution in [0.15, 0.2) is 12.1 Å². The molecule has 1 aliphatic heterocycles. The number of carbonyl (C=O) groups excluding carboxylic acids is 1. The molecule has 0 bridgehead atoms. The average molecular weight is 331 g/mol. The molecule has 2 N–H and O–H groups in total. The number of fused-ring (bicyclic) bond motifs is 1. The summed E-state index contributed by atoms with van der Waals surface area (Å²) in [6, 6.07) is 6.66. The number of nitrogens with one attached hydrogen (secondary N) is 2. The van der Waals surface area contributed by atoms with Gasteiger partial charge in [-0.2, -0.15) is 4.98 Å². The van der Waals surface area contributed by atoms with Crippen molar-refractivity contribution in [2.75, 3.05) is 7.11 Å². The summed E-state index contributed by atoms with van der Waals surface area (Å²) >= 11 is 0. The molecule has 6 heteroatoms. The number of pyridine rings is 1. The van der Waals surface area contributed by atoms with Crippen LogP contribution >= 0.6 is 0 Å². The highest BCUT2D eigenvalue weighted by molar-refractivity contribution is 6.77. The maximum atomic E-state index is 12.5. The fourth-order valence-corrected chi connectivity index (χ4v) is 5.78. The minimum atomic E-state index is -0.990. The summed E-state index contributed by atoms with van der Waals surface area (Å²) in [5.41, 5.74) is 2.32. The van der Waals surface area contributed by atoms with Gasteiger partial charge in [0.1, 0.15) is 11.3 Å². The van der Waals surface area contributed by atoms with Crippen molar-refractivity contribution < 1.29 is 9.53 Å². The maximum Gasteiger partial charge on any atom is 0.267 e. The van der Waals surface area contributed by atoms with Crippen LogP contribution < -0.4 is 10.1 Å². The number of ether oxygens (including phenoxy) is 1. The summed E-state index contributed by atoms with van der Waals surface area (Å²) in [5, 5.41) is 4.14. The van der Waals surface area contributed by atoms with Crippen molar-refractivity contribution in [3.05, 3.63) is 23.4 Å². The van der Waals surface area contributed by atoms with Gasteiger partial charge in [-0.25, -0.2) is 0 Å². The molecule has 0 saturated carbocycles. The molecule has 23 heavy (non-hydrogen) atoms. The van der Waals surface area contributed by atoms with E-state index in [9.17, 15) is 4.79 Å². The SMILES string of the molecule is COc1cc(C)c2cc(C(=O)NC3CC[Si](C)(C)CC3)[nH]c2n1. The van der Waals surface area contributed by atoms with E-state index in [2.05, 4.69) is 28.4 Å². The highest BCUT2D eigenvalue weighted by Crippen LogP contribution is 2.28. The van der Waals surface area contributed by atoms with E-state index >= 15 is 0 Å². The van der Waals surface area contributed by atoms with Crippen molar-refractivity contribution in [3.63, 3.8) is 0 Å². The van der Waals surface area contributed by atoms with Crippen LogP contribution in [0.3, 0.4) is 0 Å². The van der Waals surface area contributed by atoms with Crippen molar-refractivity contribution in [1.82, 2.24) is 15.3 Å². The molecule has 2 aromatic heterocycles. The fraction of sp³-hybridized carbons (Fsp3) is 0.529. The van der Waals surface area contributed by atoms with E-state index in [-0.39, 0.29) is 5.91 Å². The first-order valence-electron chi connectivity index (χ1n) is 8.23. The standard InChI is InChI=1S/C17H25N3O2Si/c1-11-9-15(22-2)20-16-13(11)10-14(19-16)17(21)18-12-5-7-23(3,4)8-6-12/h9-10,12H,5-8H2,1-4H3,(H,18,21)(H,19,20). The molecule has 1 aliphatic rings. The molecule has 3 heterocycles. The van der Waals surface area contributed by atoms with E-state index in [0.29, 0.717) is 23.3 Å². The second kappa shape index (κ2) is 6.00. The molecular formula is C17H25N3O2Si. The first kappa shape index (κ1) is 16.0. The highest BCUT2D eigenvalue weighted by Gasteiger charge is 2.29. The van der Waals surface area contributed by atoms with E-state index < -0.39 is 8.07 Å². The van der Waals surface area contributed by atoms with Crippen molar-refractivity contribution in [2.45, 2.75) is 51.0 Å². The van der Waals surface area contributed by atoms with Crippen molar-refractivity contribution in [1.29, 1.82) is 0 Å². The second-order valence-corrected chi connectivity index (χ2v) is 12.7. The summed E-state index contributed by atoms with van der Waals surface area (Å²) in [4.78, 5) is 20.0. The lowest BCUT2D eigenvalue weighted by Crippen LogP contribution is -2.42. The number of aromatic nitrogens is 2. The summed E-state index contributed by atoms with van der Waals surface area (Å²) in [6.07, 6.45) is 2.21. The minimum absolute atomic E-state index is 0.0345. The number of amides is 1. The van der Waals surface area contributed by atoms with Crippen molar-refractivity contribution in [2.24, 2.45) is 0 Å². The Bertz CT molecular complexity index is 729. The molecule has 1 fully saturated rings. The van der Waals surface area contributed by atoms with Crippen LogP contribution in [0.5, 0.6) is 5.88 Å². The summed E-state index contributed by atoms with van der Waals surface area (Å²) in [7, 11) is 0.605. The zero-order valence-corrected chi connectivity index (χ0v) is 15.3. The normalized spacial score (nSPS) is 18.1. The van der Waals surface area contributed by atoms with Gasteiger partial charge in [-0.1, -0.05) is 25.2 Å². The fourth-order valence-electron chi connectivity index (χ4n) is 3.27. The number of aryl methyl sites for hydroxylation is 1. The van der Waals surface area contributed by atoms with E-state index in [1.54, 1.807) is 7.11 Å². The third-order valence-electron chi connectivity index (χ3n) is 4.91. The van der Waals surface area contributed by atoms with E-state index in [4.69, 9.17) is 4.74 Å². The molecule has 0 aliphatic carbocycles. The Labute approximate surface area is 137 Å². The second-order valence-electron chi connectivity index (χ2n) is 7.34. The van der Waals surface area contributed by atoms with Crippen LogP contribution in [0.1, 0.15) is 28.9 Å². The largest absolute Gasteiger partial charge is 0.481 e. The van der Waals surface area contributed by atoms with Crippen LogP contribution in [0.25, 0.3) is 11.0 Å². The van der Waals surface area contributed by atoms with Crippen LogP contribution in [0.2, 0.25) is 25.2 Å². The number of nitrogens with zero attached hydrogens (tertiary/aromatic N) is 1. The van der Waals surface area contributed by atoms with E-state index in [0.717, 1.165) is 23.8 Å². The summed E-state index contributed by atoms with van der Waals surface area (Å²) in [5.74, 6) is 0.524. The van der Waals surface area contributed by atoms with Gasteiger partial charge in [-0.15, -0.1) is 0 Å². The van der Waals surface area contributed by atoms with Crippen LogP contribution in [0, 0.1) is 6.92 Å². The lowest BCUT2D eigenvalue weighted by Gasteiger charge is -2.33. The predicted octanol–water partition coefficient (Wildman–Crippen LogP) is 3.48. The number of aromatic amines is 1. The van der Waals surface area contributed by atoms with Crippen LogP contribution in [-0.4, -0.2) is 37.1 Å². The zero-order valence-electron chi connectivity index (χ0n) is 14.3. The van der Waals surface area contributed by atoms with Gasteiger partial charge in [0, 0.05) is 25.6 Å². The number of H-pyrrole nitrogens is 1. The van der Waals surface area contributed by atoms with Gasteiger partial charge >= 0.3 is 0 Å². The monoisotopic (exact) mass is 331 g/mol. The van der Waals surface area contributed by atoms with Gasteiger partial charge in [0.25, 0.3) is 5.91 Å². The van der Waals surface area contributed by atoms with Gasteiger partial charge in [0.15, 0.2) is 0 Å². The molecule has 0 atom stereocenters. The zero-order chi connectivity index (χ0) is 16.6. The number of hydrogen-bond acceptors (Lipinski definition) is 3. The molecule has 2 aromatic rings. The van der Waals surface area contributed by atoms with Crippen LogP contribution in [0.4, 0.5) is 0 Å². The van der Waals surface area contributed by atoms with Crippen molar-refractivity contribution in [3.8, 4) is 5.88 Å². The Morgan fingerprint density at radius 2 is 2.04 bits per heavy atom. The van der Waals surface area contributed by atoms with Gasteiger partial charge in [0.2, 0.25) is 5.88 Å². The molecule has 5 nitrogen and oxygen atoms in total. The Morgan fingerprint density at radius 1 is 1.35 bits per heavy atom. The minimum Gasteiger partial charge on any atom is -0.481 e. The lowest BCUT2D eigenvalue weighted by molar-refractivity contribution is 0.0929.